The summed E-state index contributed by atoms with van der Waals surface area (Å²) in [6, 6.07) is 16.6. The van der Waals surface area contributed by atoms with Crippen molar-refractivity contribution in [3.8, 4) is 10.6 Å². The molecule has 6 heteroatoms. The van der Waals surface area contributed by atoms with Crippen LogP contribution in [-0.4, -0.2) is 22.0 Å². The molecule has 2 aromatic carbocycles. The lowest BCUT2D eigenvalue weighted by Gasteiger charge is -2.04. The first-order valence-corrected chi connectivity index (χ1v) is 8.33. The Kier molecular flexibility index (Phi) is 5.01. The van der Waals surface area contributed by atoms with E-state index in [4.69, 9.17) is 5.11 Å². The highest BCUT2D eigenvalue weighted by Crippen LogP contribution is 2.23. The molecule has 1 aromatic heterocycles. The lowest BCUT2D eigenvalue weighted by atomic mass is 10.2. The molecule has 0 fully saturated rings. The van der Waals surface area contributed by atoms with Crippen molar-refractivity contribution in [3.05, 3.63) is 77.3 Å². The van der Waals surface area contributed by atoms with Crippen LogP contribution in [0.15, 0.2) is 66.1 Å². The summed E-state index contributed by atoms with van der Waals surface area (Å²) in [5.74, 6) is -1.33. The highest BCUT2D eigenvalue weighted by molar-refractivity contribution is 7.13. The monoisotopic (exact) mass is 350 g/mol. The number of aliphatic carboxylic acids is 1. The molecule has 0 radical (unpaired) electrons. The van der Waals surface area contributed by atoms with E-state index in [-0.39, 0.29) is 5.91 Å². The van der Waals surface area contributed by atoms with Crippen LogP contribution in [0, 0.1) is 0 Å². The Morgan fingerprint density at radius 3 is 2.64 bits per heavy atom. The molecule has 0 aliphatic heterocycles. The van der Waals surface area contributed by atoms with Gasteiger partial charge in [0.1, 0.15) is 10.7 Å². The summed E-state index contributed by atoms with van der Waals surface area (Å²) in [5, 5.41) is 13.9. The number of aromatic nitrogens is 1. The van der Waals surface area contributed by atoms with Crippen LogP contribution in [0.3, 0.4) is 0 Å². The molecule has 0 atom stereocenters. The second-order valence-electron chi connectivity index (χ2n) is 5.16. The van der Waals surface area contributed by atoms with Gasteiger partial charge in [0.05, 0.1) is 0 Å². The number of rotatable bonds is 5. The molecule has 25 heavy (non-hydrogen) atoms. The molecule has 0 spiro atoms. The average Bonchev–Trinajstić information content (AvgIpc) is 3.11. The smallest absolute Gasteiger partial charge is 0.328 e. The number of amides is 1. The molecule has 0 saturated heterocycles. The minimum atomic E-state index is -1.02. The number of carbonyl (C=O) groups is 2. The van der Waals surface area contributed by atoms with Crippen LogP contribution in [0.5, 0.6) is 0 Å². The molecule has 3 aromatic rings. The summed E-state index contributed by atoms with van der Waals surface area (Å²) in [6.07, 6.45) is 2.52. The Morgan fingerprint density at radius 2 is 1.88 bits per heavy atom. The number of carboxylic acids is 1. The van der Waals surface area contributed by atoms with E-state index >= 15 is 0 Å². The summed E-state index contributed by atoms with van der Waals surface area (Å²) in [4.78, 5) is 27.3. The zero-order chi connectivity index (χ0) is 17.6. The molecule has 1 heterocycles. The van der Waals surface area contributed by atoms with Gasteiger partial charge in [-0.3, -0.25) is 4.79 Å². The molecule has 2 N–H and O–H groups in total. The highest BCUT2D eigenvalue weighted by Gasteiger charge is 2.12. The van der Waals surface area contributed by atoms with E-state index in [9.17, 15) is 9.59 Å². The van der Waals surface area contributed by atoms with Gasteiger partial charge in [0.25, 0.3) is 5.91 Å². The van der Waals surface area contributed by atoms with Crippen LogP contribution in [0.4, 0.5) is 5.69 Å². The minimum Gasteiger partial charge on any atom is -0.478 e. The van der Waals surface area contributed by atoms with Gasteiger partial charge in [-0.2, -0.15) is 0 Å². The second kappa shape index (κ2) is 7.55. The topological polar surface area (TPSA) is 79.3 Å². The number of nitrogens with zero attached hydrogens (tertiary/aromatic N) is 1. The quantitative estimate of drug-likeness (QED) is 0.677. The number of anilines is 1. The molecule has 0 saturated carbocycles. The fraction of sp³-hybridized carbons (Fsp3) is 0. The van der Waals surface area contributed by atoms with Crippen LogP contribution < -0.4 is 5.32 Å². The first kappa shape index (κ1) is 16.6. The summed E-state index contributed by atoms with van der Waals surface area (Å²) in [6.45, 7) is 0. The maximum Gasteiger partial charge on any atom is 0.328 e. The first-order chi connectivity index (χ1) is 12.1. The molecular weight excluding hydrogens is 336 g/mol. The predicted octanol–water partition coefficient (Wildman–Crippen LogP) is 4.16. The maximum absolute atomic E-state index is 12.4. The van der Waals surface area contributed by atoms with E-state index < -0.39 is 5.97 Å². The zero-order valence-corrected chi connectivity index (χ0v) is 13.9. The molecule has 124 valence electrons. The minimum absolute atomic E-state index is 0.308. The molecule has 1 amide bonds. The van der Waals surface area contributed by atoms with Crippen LogP contribution in [0.1, 0.15) is 16.1 Å². The third kappa shape index (κ3) is 4.39. The Bertz CT molecular complexity index is 933. The van der Waals surface area contributed by atoms with Gasteiger partial charge in [0.2, 0.25) is 0 Å². The highest BCUT2D eigenvalue weighted by atomic mass is 32.1. The fourth-order valence-corrected chi connectivity index (χ4v) is 2.98. The van der Waals surface area contributed by atoms with Crippen LogP contribution in [0.2, 0.25) is 0 Å². The van der Waals surface area contributed by atoms with Crippen molar-refractivity contribution in [1.82, 2.24) is 4.98 Å². The number of hydrogen-bond acceptors (Lipinski definition) is 4. The molecular formula is C19H14N2O3S. The van der Waals surface area contributed by atoms with E-state index in [1.807, 2.05) is 30.3 Å². The van der Waals surface area contributed by atoms with Gasteiger partial charge in [-0.15, -0.1) is 11.3 Å². The predicted molar refractivity (Wildman–Crippen MR) is 98.6 cm³/mol. The number of thiazole rings is 1. The molecule has 0 unspecified atom stereocenters. The Morgan fingerprint density at radius 1 is 1.08 bits per heavy atom. The third-order valence-electron chi connectivity index (χ3n) is 3.32. The SMILES string of the molecule is O=C(O)C=Cc1cccc(NC(=O)c2csc(-c3ccccc3)n2)c1. The summed E-state index contributed by atoms with van der Waals surface area (Å²) in [5.41, 5.74) is 2.57. The van der Waals surface area contributed by atoms with Crippen molar-refractivity contribution in [2.45, 2.75) is 0 Å². The number of carbonyl (C=O) groups excluding carboxylic acids is 1. The van der Waals surface area contributed by atoms with Crippen LogP contribution in [-0.2, 0) is 4.79 Å². The Hall–Kier alpha value is -3.25. The van der Waals surface area contributed by atoms with Gasteiger partial charge in [0.15, 0.2) is 0 Å². The van der Waals surface area contributed by atoms with E-state index in [1.54, 1.807) is 29.6 Å². The average molecular weight is 350 g/mol. The molecule has 5 nitrogen and oxygen atoms in total. The van der Waals surface area contributed by atoms with Crippen molar-refractivity contribution < 1.29 is 14.7 Å². The maximum atomic E-state index is 12.4. The van der Waals surface area contributed by atoms with Crippen molar-refractivity contribution in [3.63, 3.8) is 0 Å². The molecule has 0 aliphatic rings. The van der Waals surface area contributed by atoms with Gasteiger partial charge < -0.3 is 10.4 Å². The number of hydrogen-bond donors (Lipinski definition) is 2. The van der Waals surface area contributed by atoms with Gasteiger partial charge in [-0.1, -0.05) is 42.5 Å². The molecule has 0 bridgehead atoms. The van der Waals surface area contributed by atoms with Gasteiger partial charge in [-0.05, 0) is 23.8 Å². The second-order valence-corrected chi connectivity index (χ2v) is 6.01. The lowest BCUT2D eigenvalue weighted by molar-refractivity contribution is -0.131. The normalized spacial score (nSPS) is 10.7. The van der Waals surface area contributed by atoms with Crippen LogP contribution >= 0.6 is 11.3 Å². The molecule has 0 aliphatic carbocycles. The summed E-state index contributed by atoms with van der Waals surface area (Å²) in [7, 11) is 0. The van der Waals surface area contributed by atoms with Gasteiger partial charge in [0, 0.05) is 22.7 Å². The van der Waals surface area contributed by atoms with Crippen molar-refractivity contribution >= 4 is 35.0 Å². The van der Waals surface area contributed by atoms with Crippen molar-refractivity contribution in [1.29, 1.82) is 0 Å². The largest absolute Gasteiger partial charge is 0.478 e. The standard InChI is InChI=1S/C19H14N2O3S/c22-17(23)10-9-13-5-4-8-15(11-13)20-18(24)16-12-25-19(21-16)14-6-2-1-3-7-14/h1-12H,(H,20,24)(H,22,23). The van der Waals surface area contributed by atoms with Crippen molar-refractivity contribution in [2.75, 3.05) is 5.32 Å². The van der Waals surface area contributed by atoms with Gasteiger partial charge >= 0.3 is 5.97 Å². The number of benzene rings is 2. The summed E-state index contributed by atoms with van der Waals surface area (Å²) >= 11 is 1.41. The zero-order valence-electron chi connectivity index (χ0n) is 13.0. The molecule has 3 rings (SSSR count). The summed E-state index contributed by atoms with van der Waals surface area (Å²) < 4.78 is 0. The lowest BCUT2D eigenvalue weighted by Crippen LogP contribution is -2.12. The third-order valence-corrected chi connectivity index (χ3v) is 4.21. The fourth-order valence-electron chi connectivity index (χ4n) is 2.17. The van der Waals surface area contributed by atoms with Gasteiger partial charge in [-0.25, -0.2) is 9.78 Å². The first-order valence-electron chi connectivity index (χ1n) is 7.45. The van der Waals surface area contributed by atoms with E-state index in [0.717, 1.165) is 16.6 Å². The Balaban J connectivity index is 1.74. The Labute approximate surface area is 148 Å². The van der Waals surface area contributed by atoms with Crippen molar-refractivity contribution in [2.24, 2.45) is 0 Å². The van der Waals surface area contributed by atoms with E-state index in [1.165, 1.54) is 17.4 Å². The van der Waals surface area contributed by atoms with E-state index in [2.05, 4.69) is 10.3 Å². The van der Waals surface area contributed by atoms with Crippen LogP contribution in [0.25, 0.3) is 16.6 Å². The van der Waals surface area contributed by atoms with E-state index in [0.29, 0.717) is 16.9 Å². The number of carboxylic acid groups (broad SMARTS) is 1. The number of nitrogens with one attached hydrogen (secondary N) is 1.